The number of ether oxygens (including phenoxy) is 1. The molecule has 10 heteroatoms. The van der Waals surface area contributed by atoms with E-state index in [0.29, 0.717) is 56.5 Å². The van der Waals surface area contributed by atoms with E-state index < -0.39 is 4.92 Å². The molecule has 1 amide bonds. The number of hydrogen-bond donors (Lipinski definition) is 0. The molecule has 2 fully saturated rings. The number of carbonyl (C=O) groups is 1. The molecule has 4 rings (SSSR count). The van der Waals surface area contributed by atoms with Crippen molar-refractivity contribution in [3.8, 4) is 5.75 Å². The van der Waals surface area contributed by atoms with Crippen molar-refractivity contribution in [3.63, 3.8) is 0 Å². The number of benzene rings is 2. The molecule has 9 nitrogen and oxygen atoms in total. The van der Waals surface area contributed by atoms with Gasteiger partial charge in [0.15, 0.2) is 0 Å². The molecular weight excluding hydrogens is 446 g/mol. The number of amides is 1. The first-order chi connectivity index (χ1) is 15.9. The molecule has 0 N–H and O–H groups in total. The number of nitro benzene ring substituents is 1. The van der Waals surface area contributed by atoms with E-state index in [1.165, 1.54) is 6.07 Å². The lowest BCUT2D eigenvalue weighted by molar-refractivity contribution is -0.384. The zero-order valence-electron chi connectivity index (χ0n) is 18.7. The van der Waals surface area contributed by atoms with Crippen LogP contribution in [0.4, 0.5) is 17.1 Å². The van der Waals surface area contributed by atoms with Crippen molar-refractivity contribution in [1.82, 2.24) is 9.80 Å². The number of piperazine rings is 2. The third kappa shape index (κ3) is 5.48. The quantitative estimate of drug-likeness (QED) is 0.471. The lowest BCUT2D eigenvalue weighted by Crippen LogP contribution is -2.54. The Morgan fingerprint density at radius 3 is 2.21 bits per heavy atom. The third-order valence-electron chi connectivity index (χ3n) is 6.28. The van der Waals surface area contributed by atoms with Crippen LogP contribution < -0.4 is 14.5 Å². The minimum absolute atomic E-state index is 0.0155. The maximum atomic E-state index is 12.9. The second kappa shape index (κ2) is 10.3. The number of halogens is 1. The standard InChI is InChI=1S/C23H28ClN5O4/c1-33-20-5-3-19(4-6-20)26-12-14-28(15-13-26)23(30)17-25-8-10-27(11-9-25)21-7-2-18(24)16-22(21)29(31)32/h2-7,16H,8-15,17H2,1H3. The Bertz CT molecular complexity index is 987. The van der Waals surface area contributed by atoms with Gasteiger partial charge in [-0.25, -0.2) is 0 Å². The second-order valence-electron chi connectivity index (χ2n) is 8.22. The monoisotopic (exact) mass is 473 g/mol. The van der Waals surface area contributed by atoms with Gasteiger partial charge >= 0.3 is 0 Å². The molecule has 0 radical (unpaired) electrons. The van der Waals surface area contributed by atoms with Crippen LogP contribution in [0.1, 0.15) is 0 Å². The summed E-state index contributed by atoms with van der Waals surface area (Å²) in [5, 5.41) is 11.7. The Hall–Kier alpha value is -3.04. The normalized spacial score (nSPS) is 17.2. The fraction of sp³-hybridized carbons (Fsp3) is 0.435. The molecule has 176 valence electrons. The molecule has 2 aromatic carbocycles. The number of rotatable bonds is 6. The molecule has 2 heterocycles. The van der Waals surface area contributed by atoms with Crippen LogP contribution in [0.15, 0.2) is 42.5 Å². The Morgan fingerprint density at radius 1 is 0.970 bits per heavy atom. The molecule has 33 heavy (non-hydrogen) atoms. The summed E-state index contributed by atoms with van der Waals surface area (Å²) >= 11 is 5.93. The van der Waals surface area contributed by atoms with Crippen LogP contribution in [0.2, 0.25) is 5.02 Å². The van der Waals surface area contributed by atoms with Crippen molar-refractivity contribution in [2.45, 2.75) is 0 Å². The zero-order chi connectivity index (χ0) is 23.4. The van der Waals surface area contributed by atoms with E-state index in [9.17, 15) is 14.9 Å². The molecule has 2 saturated heterocycles. The average molecular weight is 474 g/mol. The molecule has 0 unspecified atom stereocenters. The molecule has 0 saturated carbocycles. The van der Waals surface area contributed by atoms with Gasteiger partial charge in [0.25, 0.3) is 5.69 Å². The van der Waals surface area contributed by atoms with E-state index >= 15 is 0 Å². The molecule has 2 aromatic rings. The summed E-state index contributed by atoms with van der Waals surface area (Å²) in [7, 11) is 1.65. The van der Waals surface area contributed by atoms with Crippen LogP contribution in [0.25, 0.3) is 0 Å². The highest BCUT2D eigenvalue weighted by Crippen LogP contribution is 2.31. The van der Waals surface area contributed by atoms with Crippen LogP contribution in [0.3, 0.4) is 0 Å². The second-order valence-corrected chi connectivity index (χ2v) is 8.66. The summed E-state index contributed by atoms with van der Waals surface area (Å²) < 4.78 is 5.22. The van der Waals surface area contributed by atoms with Gasteiger partial charge in [-0.05, 0) is 36.4 Å². The smallest absolute Gasteiger partial charge is 0.294 e. The lowest BCUT2D eigenvalue weighted by Gasteiger charge is -2.39. The predicted molar refractivity (Wildman–Crippen MR) is 129 cm³/mol. The molecule has 0 bridgehead atoms. The van der Waals surface area contributed by atoms with Crippen LogP contribution >= 0.6 is 11.6 Å². The van der Waals surface area contributed by atoms with Gasteiger partial charge in [-0.1, -0.05) is 11.6 Å². The first kappa shape index (κ1) is 23.1. The first-order valence-corrected chi connectivity index (χ1v) is 11.4. The summed E-state index contributed by atoms with van der Waals surface area (Å²) in [5.74, 6) is 0.966. The van der Waals surface area contributed by atoms with Crippen LogP contribution in [-0.4, -0.2) is 86.6 Å². The highest BCUT2D eigenvalue weighted by atomic mass is 35.5. The molecular formula is C23H28ClN5O4. The van der Waals surface area contributed by atoms with Gasteiger partial charge in [-0.15, -0.1) is 0 Å². The lowest BCUT2D eigenvalue weighted by atomic mass is 10.2. The summed E-state index contributed by atoms with van der Waals surface area (Å²) in [6, 6.07) is 12.7. The minimum atomic E-state index is -0.400. The summed E-state index contributed by atoms with van der Waals surface area (Å²) in [6.07, 6.45) is 0. The van der Waals surface area contributed by atoms with Crippen molar-refractivity contribution < 1.29 is 14.5 Å². The van der Waals surface area contributed by atoms with Crippen molar-refractivity contribution in [2.75, 3.05) is 75.8 Å². The average Bonchev–Trinajstić information content (AvgIpc) is 2.84. The minimum Gasteiger partial charge on any atom is -0.497 e. The van der Waals surface area contributed by atoms with Gasteiger partial charge < -0.3 is 19.4 Å². The number of nitrogens with zero attached hydrogens (tertiary/aromatic N) is 5. The van der Waals surface area contributed by atoms with Crippen molar-refractivity contribution in [2.24, 2.45) is 0 Å². The van der Waals surface area contributed by atoms with Crippen molar-refractivity contribution in [1.29, 1.82) is 0 Å². The maximum absolute atomic E-state index is 12.9. The molecule has 2 aliphatic rings. The summed E-state index contributed by atoms with van der Waals surface area (Å²) in [5.41, 5.74) is 1.72. The third-order valence-corrected chi connectivity index (χ3v) is 6.51. The fourth-order valence-corrected chi connectivity index (χ4v) is 4.52. The van der Waals surface area contributed by atoms with Crippen LogP contribution in [0.5, 0.6) is 5.75 Å². The van der Waals surface area contributed by atoms with E-state index in [1.807, 2.05) is 34.1 Å². The predicted octanol–water partition coefficient (Wildman–Crippen LogP) is 2.73. The molecule has 2 aliphatic heterocycles. The maximum Gasteiger partial charge on any atom is 0.294 e. The van der Waals surface area contributed by atoms with Crippen LogP contribution in [0, 0.1) is 10.1 Å². The number of methoxy groups -OCH3 is 1. The van der Waals surface area contributed by atoms with Gasteiger partial charge in [-0.2, -0.15) is 0 Å². The Morgan fingerprint density at radius 2 is 1.61 bits per heavy atom. The van der Waals surface area contributed by atoms with Gasteiger partial charge in [-0.3, -0.25) is 19.8 Å². The first-order valence-electron chi connectivity index (χ1n) is 11.0. The Labute approximate surface area is 198 Å². The van der Waals surface area contributed by atoms with Gasteiger partial charge in [0.05, 0.1) is 18.6 Å². The number of carbonyl (C=O) groups excluding carboxylic acids is 1. The van der Waals surface area contributed by atoms with E-state index in [4.69, 9.17) is 16.3 Å². The van der Waals surface area contributed by atoms with Crippen molar-refractivity contribution >= 4 is 34.6 Å². The van der Waals surface area contributed by atoms with E-state index in [2.05, 4.69) is 9.80 Å². The van der Waals surface area contributed by atoms with Crippen molar-refractivity contribution in [3.05, 3.63) is 57.6 Å². The summed E-state index contributed by atoms with van der Waals surface area (Å²) in [6.45, 7) is 5.97. The molecule has 0 atom stereocenters. The van der Waals surface area contributed by atoms with Gasteiger partial charge in [0, 0.05) is 69.1 Å². The van der Waals surface area contributed by atoms with E-state index in [1.54, 1.807) is 19.2 Å². The van der Waals surface area contributed by atoms with Crippen LogP contribution in [-0.2, 0) is 4.79 Å². The highest BCUT2D eigenvalue weighted by molar-refractivity contribution is 6.30. The topological polar surface area (TPSA) is 82.4 Å². The fourth-order valence-electron chi connectivity index (χ4n) is 4.36. The van der Waals surface area contributed by atoms with E-state index in [0.717, 1.165) is 24.5 Å². The van der Waals surface area contributed by atoms with Gasteiger partial charge in [0.2, 0.25) is 5.91 Å². The Balaban J connectivity index is 1.26. The largest absolute Gasteiger partial charge is 0.497 e. The SMILES string of the molecule is COc1ccc(N2CCN(C(=O)CN3CCN(c4ccc(Cl)cc4[N+](=O)[O-])CC3)CC2)cc1. The zero-order valence-corrected chi connectivity index (χ0v) is 19.4. The van der Waals surface area contributed by atoms with E-state index in [-0.39, 0.29) is 11.6 Å². The Kier molecular flexibility index (Phi) is 7.20. The molecule has 0 aliphatic carbocycles. The number of nitro groups is 1. The summed E-state index contributed by atoms with van der Waals surface area (Å²) in [4.78, 5) is 32.2. The number of hydrogen-bond acceptors (Lipinski definition) is 7. The molecule has 0 aromatic heterocycles. The van der Waals surface area contributed by atoms with Gasteiger partial charge in [0.1, 0.15) is 11.4 Å². The highest BCUT2D eigenvalue weighted by Gasteiger charge is 2.27. The number of anilines is 2. The molecule has 0 spiro atoms.